The fourth-order valence-corrected chi connectivity index (χ4v) is 2.47. The van der Waals surface area contributed by atoms with Crippen LogP contribution >= 0.6 is 0 Å². The zero-order valence-electron chi connectivity index (χ0n) is 12.5. The van der Waals surface area contributed by atoms with Gasteiger partial charge in [-0.15, -0.1) is 0 Å². The third-order valence-corrected chi connectivity index (χ3v) is 3.54. The number of benzene rings is 2. The van der Waals surface area contributed by atoms with Gasteiger partial charge in [0.15, 0.2) is 5.75 Å². The molecule has 0 saturated carbocycles. The third-order valence-electron chi connectivity index (χ3n) is 3.54. The molecule has 0 amide bonds. The lowest BCUT2D eigenvalue weighted by Crippen LogP contribution is -2.16. The van der Waals surface area contributed by atoms with Crippen LogP contribution in [0, 0.1) is 10.1 Å². The van der Waals surface area contributed by atoms with E-state index < -0.39 is 45.0 Å². The van der Waals surface area contributed by atoms with Gasteiger partial charge in [-0.2, -0.15) is 0 Å². The van der Waals surface area contributed by atoms with Gasteiger partial charge in [-0.25, -0.2) is 4.79 Å². The van der Waals surface area contributed by atoms with E-state index in [1.807, 2.05) is 0 Å². The Kier molecular flexibility index (Phi) is 4.50. The summed E-state index contributed by atoms with van der Waals surface area (Å²) in [6.07, 6.45) is -0.0475. The van der Waals surface area contributed by atoms with Crippen molar-refractivity contribution in [3.8, 4) is 11.5 Å². The molecule has 0 radical (unpaired) electrons. The number of hydrogen-bond donors (Lipinski definition) is 3. The van der Waals surface area contributed by atoms with Gasteiger partial charge in [-0.3, -0.25) is 14.9 Å². The first kappa shape index (κ1) is 16.9. The van der Waals surface area contributed by atoms with Gasteiger partial charge in [0.25, 0.3) is 0 Å². The van der Waals surface area contributed by atoms with E-state index in [4.69, 9.17) is 0 Å². The van der Waals surface area contributed by atoms with E-state index in [1.165, 1.54) is 31.2 Å². The second-order valence-electron chi connectivity index (χ2n) is 4.89. The number of carbonyl (C=O) groups is 2. The molecule has 0 aromatic heterocycles. The van der Waals surface area contributed by atoms with Crippen molar-refractivity contribution in [2.45, 2.75) is 13.3 Å². The molecule has 0 fully saturated rings. The minimum absolute atomic E-state index is 0.0234. The predicted molar refractivity (Wildman–Crippen MR) is 82.6 cm³/mol. The van der Waals surface area contributed by atoms with Crippen molar-refractivity contribution in [2.75, 3.05) is 0 Å². The molecule has 3 N–H and O–H groups in total. The highest BCUT2D eigenvalue weighted by Crippen LogP contribution is 2.44. The number of ketones is 1. The second kappa shape index (κ2) is 6.37. The SMILES string of the molecule is CCc1c(O)c(O)c([N+](=O)[O-])c(C(=O)c2ccccc2)c1C(=O)O. The summed E-state index contributed by atoms with van der Waals surface area (Å²) in [6.45, 7) is 1.49. The van der Waals surface area contributed by atoms with Gasteiger partial charge in [0.1, 0.15) is 5.56 Å². The highest BCUT2D eigenvalue weighted by Gasteiger charge is 2.37. The van der Waals surface area contributed by atoms with Crippen LogP contribution in [0.15, 0.2) is 30.3 Å². The smallest absolute Gasteiger partial charge is 0.337 e. The van der Waals surface area contributed by atoms with Crippen LogP contribution in [-0.2, 0) is 6.42 Å². The molecular formula is C16H13NO7. The summed E-state index contributed by atoms with van der Waals surface area (Å²) in [5, 5.41) is 40.6. The van der Waals surface area contributed by atoms with Crippen molar-refractivity contribution >= 4 is 17.4 Å². The van der Waals surface area contributed by atoms with E-state index in [1.54, 1.807) is 6.07 Å². The Balaban J connectivity index is 2.96. The zero-order chi connectivity index (χ0) is 18.0. The number of carbonyl (C=O) groups excluding carboxylic acids is 1. The Morgan fingerprint density at radius 3 is 2.12 bits per heavy atom. The standard InChI is InChI=1S/C16H13NO7/c1-2-9-10(16(21)22)11(12(17(23)24)15(20)14(9)19)13(18)8-6-4-3-5-7-8/h3-7,19-20H,2H2,1H3,(H,21,22). The van der Waals surface area contributed by atoms with E-state index in [-0.39, 0.29) is 17.5 Å². The Labute approximate surface area is 135 Å². The summed E-state index contributed by atoms with van der Waals surface area (Å²) in [4.78, 5) is 34.5. The van der Waals surface area contributed by atoms with E-state index >= 15 is 0 Å². The maximum atomic E-state index is 12.7. The number of carboxylic acid groups (broad SMARTS) is 1. The molecule has 0 aliphatic carbocycles. The molecule has 2 rings (SSSR count). The van der Waals surface area contributed by atoms with Crippen molar-refractivity contribution in [3.63, 3.8) is 0 Å². The minimum atomic E-state index is -1.61. The first-order valence-electron chi connectivity index (χ1n) is 6.89. The number of nitro groups is 1. The number of rotatable bonds is 5. The van der Waals surface area contributed by atoms with Gasteiger partial charge >= 0.3 is 11.7 Å². The first-order valence-corrected chi connectivity index (χ1v) is 6.89. The number of phenols is 2. The van der Waals surface area contributed by atoms with Gasteiger partial charge < -0.3 is 15.3 Å². The van der Waals surface area contributed by atoms with Crippen LogP contribution in [0.4, 0.5) is 5.69 Å². The highest BCUT2D eigenvalue weighted by molar-refractivity contribution is 6.18. The maximum absolute atomic E-state index is 12.7. The molecule has 0 unspecified atom stereocenters. The van der Waals surface area contributed by atoms with Crippen molar-refractivity contribution in [1.29, 1.82) is 0 Å². The van der Waals surface area contributed by atoms with Crippen molar-refractivity contribution in [3.05, 3.63) is 62.7 Å². The van der Waals surface area contributed by atoms with Crippen molar-refractivity contribution in [2.24, 2.45) is 0 Å². The summed E-state index contributed by atoms with van der Waals surface area (Å²) in [5.74, 6) is -4.57. The van der Waals surface area contributed by atoms with Crippen LogP contribution in [0.2, 0.25) is 0 Å². The summed E-state index contributed by atoms with van der Waals surface area (Å²) < 4.78 is 0. The minimum Gasteiger partial charge on any atom is -0.504 e. The lowest BCUT2D eigenvalue weighted by atomic mass is 9.90. The monoisotopic (exact) mass is 331 g/mol. The molecule has 24 heavy (non-hydrogen) atoms. The number of aromatic carboxylic acids is 1. The lowest BCUT2D eigenvalue weighted by molar-refractivity contribution is -0.386. The molecule has 0 heterocycles. The number of hydrogen-bond acceptors (Lipinski definition) is 6. The van der Waals surface area contributed by atoms with E-state index in [9.17, 15) is 35.0 Å². The van der Waals surface area contributed by atoms with E-state index in [2.05, 4.69) is 0 Å². The number of nitrogens with zero attached hydrogens (tertiary/aromatic N) is 1. The Morgan fingerprint density at radius 2 is 1.67 bits per heavy atom. The van der Waals surface area contributed by atoms with Gasteiger partial charge in [-0.1, -0.05) is 37.3 Å². The molecule has 0 atom stereocenters. The fourth-order valence-electron chi connectivity index (χ4n) is 2.47. The molecule has 0 saturated heterocycles. The van der Waals surface area contributed by atoms with Crippen LogP contribution < -0.4 is 0 Å². The van der Waals surface area contributed by atoms with Gasteiger partial charge in [-0.05, 0) is 6.42 Å². The molecule has 2 aromatic carbocycles. The average Bonchev–Trinajstić information content (AvgIpc) is 2.56. The highest BCUT2D eigenvalue weighted by atomic mass is 16.6. The van der Waals surface area contributed by atoms with Gasteiger partial charge in [0.05, 0.1) is 10.5 Å². The lowest BCUT2D eigenvalue weighted by Gasteiger charge is -2.14. The van der Waals surface area contributed by atoms with Crippen LogP contribution in [-0.4, -0.2) is 32.0 Å². The molecule has 0 aliphatic rings. The van der Waals surface area contributed by atoms with Crippen LogP contribution in [0.5, 0.6) is 11.5 Å². The largest absolute Gasteiger partial charge is 0.504 e. The zero-order valence-corrected chi connectivity index (χ0v) is 12.5. The Morgan fingerprint density at radius 1 is 1.08 bits per heavy atom. The fraction of sp³-hybridized carbons (Fsp3) is 0.125. The molecule has 8 nitrogen and oxygen atoms in total. The van der Waals surface area contributed by atoms with Crippen LogP contribution in [0.3, 0.4) is 0 Å². The van der Waals surface area contributed by atoms with Crippen LogP contribution in [0.25, 0.3) is 0 Å². The second-order valence-corrected chi connectivity index (χ2v) is 4.89. The topological polar surface area (TPSA) is 138 Å². The summed E-state index contributed by atoms with van der Waals surface area (Å²) >= 11 is 0. The summed E-state index contributed by atoms with van der Waals surface area (Å²) in [7, 11) is 0. The molecule has 124 valence electrons. The summed E-state index contributed by atoms with van der Waals surface area (Å²) in [5.41, 5.74) is -2.80. The third kappa shape index (κ3) is 2.65. The molecule has 0 spiro atoms. The molecule has 0 aliphatic heterocycles. The van der Waals surface area contributed by atoms with E-state index in [0.29, 0.717) is 0 Å². The Hall–Kier alpha value is -3.42. The quantitative estimate of drug-likeness (QED) is 0.331. The van der Waals surface area contributed by atoms with Gasteiger partial charge in [0, 0.05) is 11.1 Å². The molecular weight excluding hydrogens is 318 g/mol. The van der Waals surface area contributed by atoms with Crippen LogP contribution in [0.1, 0.15) is 38.8 Å². The molecule has 2 aromatic rings. The number of phenolic OH excluding ortho intramolecular Hbond substituents is 2. The predicted octanol–water partition coefficient (Wildman–Crippen LogP) is 2.50. The first-order chi connectivity index (χ1) is 11.3. The number of aromatic hydroxyl groups is 2. The van der Waals surface area contributed by atoms with Gasteiger partial charge in [0.2, 0.25) is 11.5 Å². The van der Waals surface area contributed by atoms with Crippen molar-refractivity contribution in [1.82, 2.24) is 0 Å². The summed E-state index contributed by atoms with van der Waals surface area (Å²) in [6, 6.07) is 7.39. The number of nitro benzene ring substituents is 1. The molecule has 8 heteroatoms. The van der Waals surface area contributed by atoms with E-state index in [0.717, 1.165) is 0 Å². The van der Waals surface area contributed by atoms with Crippen molar-refractivity contribution < 1.29 is 29.8 Å². The maximum Gasteiger partial charge on any atom is 0.337 e. The normalized spacial score (nSPS) is 10.4. The average molecular weight is 331 g/mol. The number of carboxylic acids is 1. The molecule has 0 bridgehead atoms. The Bertz CT molecular complexity index is 843.